The van der Waals surface area contributed by atoms with Crippen LogP contribution < -0.4 is 15.5 Å². The quantitative estimate of drug-likeness (QED) is 0.577. The van der Waals surface area contributed by atoms with Crippen molar-refractivity contribution in [2.75, 3.05) is 36.4 Å². The third-order valence-corrected chi connectivity index (χ3v) is 6.00. The summed E-state index contributed by atoms with van der Waals surface area (Å²) in [5.41, 5.74) is 2.19. The third kappa shape index (κ3) is 6.18. The number of amides is 2. The second-order valence-electron chi connectivity index (χ2n) is 7.55. The van der Waals surface area contributed by atoms with Crippen molar-refractivity contribution in [3.8, 4) is 0 Å². The van der Waals surface area contributed by atoms with Gasteiger partial charge in [0.05, 0.1) is 10.6 Å². The van der Waals surface area contributed by atoms with Crippen LogP contribution in [0.15, 0.2) is 46.9 Å². The zero-order chi connectivity index (χ0) is 22.5. The zero-order valence-electron chi connectivity index (χ0n) is 17.3. The lowest BCUT2D eigenvalue weighted by Gasteiger charge is -2.37. The molecule has 0 aliphatic carbocycles. The van der Waals surface area contributed by atoms with Gasteiger partial charge >= 0.3 is 0 Å². The number of anilines is 2. The molecule has 0 spiro atoms. The minimum Gasteiger partial charge on any atom is -0.368 e. The maximum atomic E-state index is 12.4. The fraction of sp³-hybridized carbons (Fsp3) is 0.318. The monoisotopic (exact) mass is 522 g/mol. The summed E-state index contributed by atoms with van der Waals surface area (Å²) in [6, 6.07) is 12.9. The average Bonchev–Trinajstić information content (AvgIpc) is 2.75. The van der Waals surface area contributed by atoms with Gasteiger partial charge in [-0.05, 0) is 54.7 Å². The topological polar surface area (TPSA) is 64.7 Å². The van der Waals surface area contributed by atoms with Crippen LogP contribution in [0.25, 0.3) is 0 Å². The Bertz CT molecular complexity index is 976. The number of nitrogens with zero attached hydrogens (tertiary/aromatic N) is 2. The zero-order valence-corrected chi connectivity index (χ0v) is 20.5. The second-order valence-corrected chi connectivity index (χ2v) is 9.28. The van der Waals surface area contributed by atoms with Gasteiger partial charge in [-0.3, -0.25) is 14.9 Å². The number of carbonyl (C=O) groups is 2. The molecule has 2 aromatic rings. The predicted molar refractivity (Wildman–Crippen MR) is 133 cm³/mol. The molecule has 0 aromatic heterocycles. The number of hydrogen-bond acceptors (Lipinski definition) is 4. The maximum absolute atomic E-state index is 12.4. The van der Waals surface area contributed by atoms with Crippen molar-refractivity contribution in [2.24, 2.45) is 5.92 Å². The molecule has 0 bridgehead atoms. The molecule has 6 nitrogen and oxygen atoms in total. The summed E-state index contributed by atoms with van der Waals surface area (Å²) in [6.07, 6.45) is 0. The van der Waals surface area contributed by atoms with Crippen molar-refractivity contribution in [1.82, 2.24) is 10.2 Å². The van der Waals surface area contributed by atoms with Crippen molar-refractivity contribution in [1.29, 1.82) is 0 Å². The van der Waals surface area contributed by atoms with E-state index < -0.39 is 0 Å². The molecule has 1 fully saturated rings. The molecule has 1 aliphatic heterocycles. The van der Waals surface area contributed by atoms with Crippen LogP contribution in [0.3, 0.4) is 0 Å². The molecule has 2 N–H and O–H groups in total. The van der Waals surface area contributed by atoms with Gasteiger partial charge in [0.2, 0.25) is 5.91 Å². The Morgan fingerprint density at radius 2 is 1.71 bits per heavy atom. The van der Waals surface area contributed by atoms with Crippen molar-refractivity contribution >= 4 is 68.1 Å². The van der Waals surface area contributed by atoms with E-state index in [1.807, 2.05) is 43.0 Å². The Balaban J connectivity index is 1.53. The van der Waals surface area contributed by atoms with Crippen LogP contribution in [0.4, 0.5) is 11.4 Å². The van der Waals surface area contributed by atoms with Gasteiger partial charge in [-0.25, -0.2) is 0 Å². The lowest BCUT2D eigenvalue weighted by atomic mass is 10.1. The Labute approximate surface area is 201 Å². The minimum atomic E-state index is -0.380. The first-order valence-electron chi connectivity index (χ1n) is 9.96. The molecular formula is C22H24BrClN4O2S. The highest BCUT2D eigenvalue weighted by Crippen LogP contribution is 2.22. The Morgan fingerprint density at radius 3 is 2.32 bits per heavy atom. The molecule has 1 aliphatic rings. The number of benzene rings is 2. The van der Waals surface area contributed by atoms with Crippen LogP contribution in [-0.4, -0.2) is 48.0 Å². The highest BCUT2D eigenvalue weighted by Gasteiger charge is 2.23. The van der Waals surface area contributed by atoms with Crippen molar-refractivity contribution < 1.29 is 9.59 Å². The summed E-state index contributed by atoms with van der Waals surface area (Å²) < 4.78 is 0.755. The van der Waals surface area contributed by atoms with Crippen LogP contribution in [0, 0.1) is 5.92 Å². The van der Waals surface area contributed by atoms with Crippen LogP contribution in [-0.2, 0) is 4.79 Å². The molecule has 164 valence electrons. The van der Waals surface area contributed by atoms with Gasteiger partial charge < -0.3 is 15.1 Å². The average molecular weight is 524 g/mol. The van der Waals surface area contributed by atoms with E-state index >= 15 is 0 Å². The van der Waals surface area contributed by atoms with Gasteiger partial charge in [-0.15, -0.1) is 0 Å². The van der Waals surface area contributed by atoms with Crippen molar-refractivity contribution in [3.05, 3.63) is 57.5 Å². The number of carbonyl (C=O) groups excluding carboxylic acids is 2. The Morgan fingerprint density at radius 1 is 1.06 bits per heavy atom. The summed E-state index contributed by atoms with van der Waals surface area (Å²) >= 11 is 14.7. The second kappa shape index (κ2) is 10.4. The summed E-state index contributed by atoms with van der Waals surface area (Å²) in [4.78, 5) is 28.7. The molecule has 2 amide bonds. The van der Waals surface area contributed by atoms with E-state index in [0.29, 0.717) is 10.6 Å². The molecule has 0 unspecified atom stereocenters. The van der Waals surface area contributed by atoms with Gasteiger partial charge in [-0.1, -0.05) is 41.4 Å². The minimum absolute atomic E-state index is 0.0284. The molecule has 1 heterocycles. The summed E-state index contributed by atoms with van der Waals surface area (Å²) in [5, 5.41) is 6.20. The van der Waals surface area contributed by atoms with E-state index in [2.05, 4.69) is 31.5 Å². The van der Waals surface area contributed by atoms with Gasteiger partial charge in [-0.2, -0.15) is 0 Å². The normalized spacial score (nSPS) is 13.8. The number of nitrogens with one attached hydrogen (secondary N) is 2. The fourth-order valence-corrected chi connectivity index (χ4v) is 4.09. The number of hydrogen-bond donors (Lipinski definition) is 2. The number of halogens is 2. The van der Waals surface area contributed by atoms with Gasteiger partial charge in [0.1, 0.15) is 0 Å². The van der Waals surface area contributed by atoms with E-state index in [0.717, 1.165) is 42.0 Å². The van der Waals surface area contributed by atoms with Crippen molar-refractivity contribution in [2.45, 2.75) is 13.8 Å². The third-order valence-electron chi connectivity index (χ3n) is 4.98. The highest BCUT2D eigenvalue weighted by molar-refractivity contribution is 9.10. The van der Waals surface area contributed by atoms with Gasteiger partial charge in [0.25, 0.3) is 5.91 Å². The molecular weight excluding hydrogens is 500 g/mol. The smallest absolute Gasteiger partial charge is 0.258 e. The summed E-state index contributed by atoms with van der Waals surface area (Å²) in [7, 11) is 0. The first-order valence-corrected chi connectivity index (χ1v) is 11.5. The Hall–Kier alpha value is -2.16. The molecule has 0 radical (unpaired) electrons. The molecule has 1 saturated heterocycles. The largest absolute Gasteiger partial charge is 0.368 e. The molecule has 0 saturated carbocycles. The molecule has 31 heavy (non-hydrogen) atoms. The number of rotatable bonds is 4. The van der Waals surface area contributed by atoms with E-state index in [-0.39, 0.29) is 22.8 Å². The number of thiocarbonyl (C=S) groups is 1. The van der Waals surface area contributed by atoms with Crippen LogP contribution in [0.1, 0.15) is 24.2 Å². The Kier molecular flexibility index (Phi) is 7.91. The van der Waals surface area contributed by atoms with Gasteiger partial charge in [0, 0.05) is 47.9 Å². The van der Waals surface area contributed by atoms with Crippen LogP contribution >= 0.6 is 39.7 Å². The molecule has 3 rings (SSSR count). The summed E-state index contributed by atoms with van der Waals surface area (Å²) in [6.45, 7) is 6.91. The molecule has 9 heteroatoms. The van der Waals surface area contributed by atoms with E-state index in [9.17, 15) is 9.59 Å². The predicted octanol–water partition coefficient (Wildman–Crippen LogP) is 4.53. The first kappa shape index (κ1) is 23.5. The maximum Gasteiger partial charge on any atom is 0.258 e. The van der Waals surface area contributed by atoms with E-state index in [1.165, 1.54) is 0 Å². The fourth-order valence-electron chi connectivity index (χ4n) is 3.31. The van der Waals surface area contributed by atoms with Gasteiger partial charge in [0.15, 0.2) is 5.11 Å². The lowest BCUT2D eigenvalue weighted by Crippen LogP contribution is -2.49. The molecule has 2 aromatic carbocycles. The first-order chi connectivity index (χ1) is 14.7. The molecule has 0 atom stereocenters. The van der Waals surface area contributed by atoms with Crippen LogP contribution in [0.2, 0.25) is 5.02 Å². The van der Waals surface area contributed by atoms with E-state index in [1.54, 1.807) is 18.2 Å². The number of piperazine rings is 1. The highest BCUT2D eigenvalue weighted by atomic mass is 79.9. The SMILES string of the molecule is CC(C)C(=O)N1CCN(c2ccc(NC(=S)NC(=O)c3cc(Br)ccc3Cl)cc2)CC1. The van der Waals surface area contributed by atoms with E-state index in [4.69, 9.17) is 23.8 Å². The van der Waals surface area contributed by atoms with Crippen molar-refractivity contribution in [3.63, 3.8) is 0 Å². The standard InChI is InChI=1S/C22H24BrClN4O2S/c1-14(2)21(30)28-11-9-27(10-12-28)17-6-4-16(5-7-17)25-22(31)26-20(29)18-13-15(23)3-8-19(18)24/h3-8,13-14H,9-12H2,1-2H3,(H2,25,26,29,31). The summed E-state index contributed by atoms with van der Waals surface area (Å²) in [5.74, 6) is -0.145. The van der Waals surface area contributed by atoms with Crippen LogP contribution in [0.5, 0.6) is 0 Å². The lowest BCUT2D eigenvalue weighted by molar-refractivity contribution is -0.134.